The van der Waals surface area contributed by atoms with Crippen molar-refractivity contribution in [1.82, 2.24) is 15.6 Å². The highest BCUT2D eigenvalue weighted by Gasteiger charge is 2.29. The molecule has 0 saturated carbocycles. The number of benzene rings is 2. The van der Waals surface area contributed by atoms with Gasteiger partial charge in [0.2, 0.25) is 5.91 Å². The first-order valence-corrected chi connectivity index (χ1v) is 13.3. The van der Waals surface area contributed by atoms with Gasteiger partial charge in [-0.25, -0.2) is 14.2 Å². The number of carbonyl (C=O) groups is 3. The summed E-state index contributed by atoms with van der Waals surface area (Å²) in [5.41, 5.74) is 8.17. The van der Waals surface area contributed by atoms with Crippen LogP contribution in [0.4, 0.5) is 4.39 Å². The van der Waals surface area contributed by atoms with Gasteiger partial charge in [0.25, 0.3) is 5.89 Å². The number of aliphatic carboxylic acids is 1. The third-order valence-electron chi connectivity index (χ3n) is 6.47. The highest BCUT2D eigenvalue weighted by Crippen LogP contribution is 2.26. The average molecular weight is 573 g/mol. The van der Waals surface area contributed by atoms with E-state index >= 15 is 0 Å². The number of carboxylic acid groups (broad SMARTS) is 1. The van der Waals surface area contributed by atoms with Crippen molar-refractivity contribution in [2.75, 3.05) is 0 Å². The van der Waals surface area contributed by atoms with E-state index in [2.05, 4.69) is 15.6 Å². The molecule has 0 aliphatic heterocycles. The van der Waals surface area contributed by atoms with Crippen molar-refractivity contribution >= 4 is 29.4 Å². The Morgan fingerprint density at radius 1 is 1.07 bits per heavy atom. The van der Waals surface area contributed by atoms with Gasteiger partial charge in [-0.1, -0.05) is 63.6 Å². The van der Waals surface area contributed by atoms with Crippen LogP contribution in [0.3, 0.4) is 0 Å². The highest BCUT2D eigenvalue weighted by molar-refractivity contribution is 6.30. The van der Waals surface area contributed by atoms with Gasteiger partial charge in [0, 0.05) is 16.6 Å². The SMILES string of the molecule is CC(C)c1coc(C(=O)N[C@H](Cc2ccc(-c3cc(Cl)ccc3F)cc2)C[C@@H](NC(=O)C(N)C(C)C)C(=O)O)n1. The summed E-state index contributed by atoms with van der Waals surface area (Å²) in [6, 6.07) is 8.25. The van der Waals surface area contributed by atoms with Gasteiger partial charge in [0.1, 0.15) is 18.1 Å². The van der Waals surface area contributed by atoms with Crippen molar-refractivity contribution in [3.05, 3.63) is 76.7 Å². The van der Waals surface area contributed by atoms with E-state index in [1.165, 1.54) is 24.5 Å². The third-order valence-corrected chi connectivity index (χ3v) is 6.71. The van der Waals surface area contributed by atoms with Gasteiger partial charge in [-0.2, -0.15) is 0 Å². The highest BCUT2D eigenvalue weighted by atomic mass is 35.5. The molecule has 40 heavy (non-hydrogen) atoms. The zero-order valence-corrected chi connectivity index (χ0v) is 23.5. The Morgan fingerprint density at radius 2 is 1.75 bits per heavy atom. The number of halogens is 2. The van der Waals surface area contributed by atoms with Gasteiger partial charge in [0.15, 0.2) is 0 Å². The summed E-state index contributed by atoms with van der Waals surface area (Å²) in [6.07, 6.45) is 1.47. The molecule has 9 nitrogen and oxygen atoms in total. The van der Waals surface area contributed by atoms with Crippen molar-refractivity contribution in [3.63, 3.8) is 0 Å². The monoisotopic (exact) mass is 572 g/mol. The summed E-state index contributed by atoms with van der Waals surface area (Å²) in [5, 5.41) is 15.5. The Labute approximate surface area is 237 Å². The van der Waals surface area contributed by atoms with E-state index in [1.807, 2.05) is 13.8 Å². The molecule has 0 saturated heterocycles. The van der Waals surface area contributed by atoms with Crippen LogP contribution < -0.4 is 16.4 Å². The van der Waals surface area contributed by atoms with Gasteiger partial charge >= 0.3 is 11.9 Å². The number of nitrogens with one attached hydrogen (secondary N) is 2. The van der Waals surface area contributed by atoms with Crippen LogP contribution in [0.1, 0.15) is 62.0 Å². The quantitative estimate of drug-likeness (QED) is 0.249. The van der Waals surface area contributed by atoms with Crippen LogP contribution >= 0.6 is 11.6 Å². The summed E-state index contributed by atoms with van der Waals surface area (Å²) in [7, 11) is 0. The van der Waals surface area contributed by atoms with Crippen molar-refractivity contribution in [2.24, 2.45) is 11.7 Å². The fourth-order valence-electron chi connectivity index (χ4n) is 4.00. The van der Waals surface area contributed by atoms with E-state index in [4.69, 9.17) is 21.8 Å². The molecule has 0 radical (unpaired) electrons. The molecule has 0 bridgehead atoms. The number of nitrogens with two attached hydrogens (primary N) is 1. The number of carbonyl (C=O) groups excluding carboxylic acids is 2. The third kappa shape index (κ3) is 8.12. The van der Waals surface area contributed by atoms with Crippen molar-refractivity contribution in [2.45, 2.75) is 64.6 Å². The van der Waals surface area contributed by atoms with E-state index in [-0.39, 0.29) is 30.6 Å². The lowest BCUT2D eigenvalue weighted by molar-refractivity contribution is -0.142. The predicted molar refractivity (Wildman–Crippen MR) is 149 cm³/mol. The van der Waals surface area contributed by atoms with E-state index in [1.54, 1.807) is 38.1 Å². The molecule has 11 heteroatoms. The summed E-state index contributed by atoms with van der Waals surface area (Å²) in [5.74, 6) is -3.23. The predicted octanol–water partition coefficient (Wildman–Crippen LogP) is 4.54. The lowest BCUT2D eigenvalue weighted by Gasteiger charge is -2.24. The standard InChI is InChI=1S/C29H34ClFN4O5/c1-15(2)24-14-40-28(35-24)27(37)33-20(13-23(29(38)39)34-26(36)25(32)16(3)4)11-17-5-7-18(8-6-17)21-12-19(30)9-10-22(21)31/h5-10,12,14-16,20,23,25H,11,13,32H2,1-4H3,(H,33,37)(H,34,36)(H,38,39)/t20-,23-,25?/m1/s1. The molecule has 1 heterocycles. The van der Waals surface area contributed by atoms with Gasteiger partial charge in [-0.15, -0.1) is 0 Å². The van der Waals surface area contributed by atoms with Crippen molar-refractivity contribution in [3.8, 4) is 11.1 Å². The number of carboxylic acids is 1. The molecule has 1 aromatic heterocycles. The minimum absolute atomic E-state index is 0.0423. The van der Waals surface area contributed by atoms with Crippen LogP contribution in [-0.2, 0) is 16.0 Å². The Morgan fingerprint density at radius 3 is 2.33 bits per heavy atom. The van der Waals surface area contributed by atoms with Gasteiger partial charge in [-0.05, 0) is 54.0 Å². The number of amides is 2. The molecule has 1 unspecified atom stereocenters. The molecule has 0 aliphatic carbocycles. The molecule has 0 fully saturated rings. The average Bonchev–Trinajstić information content (AvgIpc) is 3.40. The Kier molecular flexibility index (Phi) is 10.4. The minimum Gasteiger partial charge on any atom is -0.480 e. The maximum Gasteiger partial charge on any atom is 0.326 e. The van der Waals surface area contributed by atoms with Crippen LogP contribution in [0.5, 0.6) is 0 Å². The molecule has 3 rings (SSSR count). The van der Waals surface area contributed by atoms with E-state index in [0.717, 1.165) is 5.56 Å². The first kappa shape index (κ1) is 30.8. The van der Waals surface area contributed by atoms with Crippen molar-refractivity contribution in [1.29, 1.82) is 0 Å². The van der Waals surface area contributed by atoms with E-state index in [9.17, 15) is 23.9 Å². The number of rotatable bonds is 12. The summed E-state index contributed by atoms with van der Waals surface area (Å²) in [6.45, 7) is 7.32. The lowest BCUT2D eigenvalue weighted by Crippen LogP contribution is -2.52. The number of hydrogen-bond donors (Lipinski definition) is 4. The second-order valence-electron chi connectivity index (χ2n) is 10.3. The lowest BCUT2D eigenvalue weighted by atomic mass is 9.96. The molecule has 3 atom stereocenters. The molecular formula is C29H34ClFN4O5. The van der Waals surface area contributed by atoms with Crippen LogP contribution in [0.15, 0.2) is 53.1 Å². The zero-order valence-electron chi connectivity index (χ0n) is 22.8. The van der Waals surface area contributed by atoms with Crippen LogP contribution in [0.2, 0.25) is 5.02 Å². The normalized spacial score (nSPS) is 13.6. The maximum atomic E-state index is 14.3. The zero-order chi connectivity index (χ0) is 29.6. The Hall–Kier alpha value is -3.76. The fourth-order valence-corrected chi connectivity index (χ4v) is 4.17. The molecule has 0 spiro atoms. The summed E-state index contributed by atoms with van der Waals surface area (Å²) in [4.78, 5) is 41.8. The number of oxazole rings is 1. The van der Waals surface area contributed by atoms with E-state index < -0.39 is 41.7 Å². The second-order valence-corrected chi connectivity index (χ2v) is 10.8. The van der Waals surface area contributed by atoms with E-state index in [0.29, 0.717) is 21.8 Å². The molecule has 214 valence electrons. The summed E-state index contributed by atoms with van der Waals surface area (Å²) < 4.78 is 19.7. The topological polar surface area (TPSA) is 148 Å². The number of aromatic nitrogens is 1. The Balaban J connectivity index is 1.84. The molecule has 2 aromatic carbocycles. The number of hydrogen-bond acceptors (Lipinski definition) is 6. The second kappa shape index (κ2) is 13.5. The maximum absolute atomic E-state index is 14.3. The van der Waals surface area contributed by atoms with Gasteiger partial charge in [-0.3, -0.25) is 9.59 Å². The van der Waals surface area contributed by atoms with Crippen molar-refractivity contribution < 1.29 is 28.3 Å². The molecule has 3 aromatic rings. The van der Waals surface area contributed by atoms with Crippen LogP contribution in [0, 0.1) is 11.7 Å². The van der Waals surface area contributed by atoms with Gasteiger partial charge < -0.3 is 25.9 Å². The molecule has 0 aliphatic rings. The van der Waals surface area contributed by atoms with Crippen LogP contribution in [0.25, 0.3) is 11.1 Å². The Bertz CT molecular complexity index is 1340. The fraction of sp³-hybridized carbons (Fsp3) is 0.379. The largest absolute Gasteiger partial charge is 0.480 e. The molecule has 5 N–H and O–H groups in total. The summed E-state index contributed by atoms with van der Waals surface area (Å²) >= 11 is 6.03. The number of nitrogens with zero attached hydrogens (tertiary/aromatic N) is 1. The first-order valence-electron chi connectivity index (χ1n) is 12.9. The smallest absolute Gasteiger partial charge is 0.326 e. The van der Waals surface area contributed by atoms with Gasteiger partial charge in [0.05, 0.1) is 11.7 Å². The molecular weight excluding hydrogens is 539 g/mol. The molecule has 2 amide bonds. The first-order chi connectivity index (χ1) is 18.8. The van der Waals surface area contributed by atoms with Crippen LogP contribution in [-0.4, -0.2) is 46.0 Å². The minimum atomic E-state index is -1.32.